The van der Waals surface area contributed by atoms with Gasteiger partial charge in [0.25, 0.3) is 5.91 Å². The minimum absolute atomic E-state index is 0.226. The van der Waals surface area contributed by atoms with Gasteiger partial charge in [-0.05, 0) is 50.5 Å². The molecule has 1 amide bonds. The molecule has 5 nitrogen and oxygen atoms in total. The Bertz CT molecular complexity index is 493. The van der Waals surface area contributed by atoms with E-state index < -0.39 is 5.91 Å². The van der Waals surface area contributed by atoms with Crippen molar-refractivity contribution in [2.75, 3.05) is 37.7 Å². The first-order valence-electron chi connectivity index (χ1n) is 7.02. The SMILES string of the molecule is CN1CCC(C)(CNc2c(N)cccc2C(N)=O)CC1. The average molecular weight is 276 g/mol. The Labute approximate surface area is 120 Å². The minimum atomic E-state index is -0.451. The first-order valence-corrected chi connectivity index (χ1v) is 7.02. The van der Waals surface area contributed by atoms with E-state index in [1.54, 1.807) is 18.2 Å². The Morgan fingerprint density at radius 3 is 2.65 bits per heavy atom. The fraction of sp³-hybridized carbons (Fsp3) is 0.533. The summed E-state index contributed by atoms with van der Waals surface area (Å²) in [5, 5.41) is 3.34. The van der Waals surface area contributed by atoms with E-state index in [0.29, 0.717) is 16.9 Å². The number of para-hydroxylation sites is 1. The van der Waals surface area contributed by atoms with E-state index in [-0.39, 0.29) is 5.41 Å². The number of hydrogen-bond donors (Lipinski definition) is 3. The van der Waals surface area contributed by atoms with Crippen LogP contribution >= 0.6 is 0 Å². The van der Waals surface area contributed by atoms with Gasteiger partial charge in [0.05, 0.1) is 16.9 Å². The fourth-order valence-electron chi connectivity index (χ4n) is 2.61. The van der Waals surface area contributed by atoms with E-state index in [1.807, 2.05) is 0 Å². The second-order valence-corrected chi connectivity index (χ2v) is 6.10. The van der Waals surface area contributed by atoms with Crippen LogP contribution in [0, 0.1) is 5.41 Å². The van der Waals surface area contributed by atoms with Crippen LogP contribution in [0.5, 0.6) is 0 Å². The highest BCUT2D eigenvalue weighted by molar-refractivity contribution is 6.01. The van der Waals surface area contributed by atoms with Gasteiger partial charge >= 0.3 is 0 Å². The third-order valence-corrected chi connectivity index (χ3v) is 4.25. The van der Waals surface area contributed by atoms with E-state index in [9.17, 15) is 4.79 Å². The molecule has 0 atom stereocenters. The molecule has 1 saturated heterocycles. The van der Waals surface area contributed by atoms with Gasteiger partial charge in [0.15, 0.2) is 0 Å². The summed E-state index contributed by atoms with van der Waals surface area (Å²) in [5.74, 6) is -0.451. The lowest BCUT2D eigenvalue weighted by molar-refractivity contribution is 0.100. The molecule has 1 aromatic carbocycles. The molecule has 1 aliphatic heterocycles. The number of nitrogen functional groups attached to an aromatic ring is 1. The van der Waals surface area contributed by atoms with Crippen LogP contribution in [0.4, 0.5) is 11.4 Å². The van der Waals surface area contributed by atoms with Crippen molar-refractivity contribution in [3.63, 3.8) is 0 Å². The van der Waals surface area contributed by atoms with Gasteiger partial charge < -0.3 is 21.7 Å². The molecular formula is C15H24N4O. The molecule has 0 saturated carbocycles. The van der Waals surface area contributed by atoms with Crippen LogP contribution in [0.2, 0.25) is 0 Å². The largest absolute Gasteiger partial charge is 0.397 e. The van der Waals surface area contributed by atoms with Crippen LogP contribution in [-0.4, -0.2) is 37.5 Å². The summed E-state index contributed by atoms with van der Waals surface area (Å²) in [6.07, 6.45) is 2.27. The molecule has 1 aliphatic rings. The predicted molar refractivity (Wildman–Crippen MR) is 82.7 cm³/mol. The van der Waals surface area contributed by atoms with Gasteiger partial charge in [-0.1, -0.05) is 13.0 Å². The molecule has 2 rings (SSSR count). The number of carbonyl (C=O) groups is 1. The summed E-state index contributed by atoms with van der Waals surface area (Å²) in [4.78, 5) is 13.8. The number of nitrogens with two attached hydrogens (primary N) is 2. The zero-order valence-corrected chi connectivity index (χ0v) is 12.3. The maximum absolute atomic E-state index is 11.5. The second-order valence-electron chi connectivity index (χ2n) is 6.10. The Morgan fingerprint density at radius 2 is 2.05 bits per heavy atom. The first-order chi connectivity index (χ1) is 9.41. The molecule has 0 bridgehead atoms. The molecule has 0 aliphatic carbocycles. The third kappa shape index (κ3) is 3.22. The van der Waals surface area contributed by atoms with Gasteiger partial charge in [0.2, 0.25) is 0 Å². The fourth-order valence-corrected chi connectivity index (χ4v) is 2.61. The van der Waals surface area contributed by atoms with Crippen molar-refractivity contribution in [1.29, 1.82) is 0 Å². The number of primary amides is 1. The number of benzene rings is 1. The topological polar surface area (TPSA) is 84.4 Å². The predicted octanol–water partition coefficient (Wildman–Crippen LogP) is 1.51. The molecule has 20 heavy (non-hydrogen) atoms. The Morgan fingerprint density at radius 1 is 1.40 bits per heavy atom. The molecule has 0 unspecified atom stereocenters. The number of rotatable bonds is 4. The summed E-state index contributed by atoms with van der Waals surface area (Å²) in [7, 11) is 2.15. The lowest BCUT2D eigenvalue weighted by Crippen LogP contribution is -2.40. The van der Waals surface area contributed by atoms with Gasteiger partial charge in [-0.25, -0.2) is 0 Å². The normalized spacial score (nSPS) is 18.7. The average Bonchev–Trinajstić information content (AvgIpc) is 2.41. The van der Waals surface area contributed by atoms with Crippen LogP contribution in [0.1, 0.15) is 30.1 Å². The van der Waals surface area contributed by atoms with Crippen molar-refractivity contribution in [2.24, 2.45) is 11.1 Å². The van der Waals surface area contributed by atoms with E-state index in [0.717, 1.165) is 32.5 Å². The molecular weight excluding hydrogens is 252 g/mol. The molecule has 0 radical (unpaired) electrons. The van der Waals surface area contributed by atoms with Crippen LogP contribution in [0.3, 0.4) is 0 Å². The second kappa shape index (κ2) is 5.71. The van der Waals surface area contributed by atoms with Crippen molar-refractivity contribution in [1.82, 2.24) is 4.90 Å². The number of hydrogen-bond acceptors (Lipinski definition) is 4. The van der Waals surface area contributed by atoms with Gasteiger partial charge in [0.1, 0.15) is 0 Å². The molecule has 110 valence electrons. The van der Waals surface area contributed by atoms with Crippen molar-refractivity contribution in [2.45, 2.75) is 19.8 Å². The molecule has 1 aromatic rings. The van der Waals surface area contributed by atoms with Crippen molar-refractivity contribution >= 4 is 17.3 Å². The Balaban J connectivity index is 2.09. The lowest BCUT2D eigenvalue weighted by Gasteiger charge is -2.38. The van der Waals surface area contributed by atoms with E-state index >= 15 is 0 Å². The Hall–Kier alpha value is -1.75. The minimum Gasteiger partial charge on any atom is -0.397 e. The molecule has 1 fully saturated rings. The van der Waals surface area contributed by atoms with Crippen molar-refractivity contribution in [3.05, 3.63) is 23.8 Å². The highest BCUT2D eigenvalue weighted by Crippen LogP contribution is 2.32. The van der Waals surface area contributed by atoms with Crippen LogP contribution in [0.25, 0.3) is 0 Å². The number of nitrogens with zero attached hydrogens (tertiary/aromatic N) is 1. The number of amides is 1. The maximum Gasteiger partial charge on any atom is 0.250 e. The van der Waals surface area contributed by atoms with E-state index in [4.69, 9.17) is 11.5 Å². The maximum atomic E-state index is 11.5. The zero-order valence-electron chi connectivity index (χ0n) is 12.3. The standard InChI is InChI=1S/C15H24N4O/c1-15(6-8-19(2)9-7-15)10-18-13-11(14(17)20)4-3-5-12(13)16/h3-5,18H,6-10,16H2,1-2H3,(H2,17,20). The van der Waals surface area contributed by atoms with Gasteiger partial charge in [-0.15, -0.1) is 0 Å². The Kier molecular flexibility index (Phi) is 4.18. The van der Waals surface area contributed by atoms with Crippen LogP contribution in [0.15, 0.2) is 18.2 Å². The van der Waals surface area contributed by atoms with Crippen LogP contribution < -0.4 is 16.8 Å². The summed E-state index contributed by atoms with van der Waals surface area (Å²) in [5.41, 5.74) is 13.3. The summed E-state index contributed by atoms with van der Waals surface area (Å²) >= 11 is 0. The molecule has 5 N–H and O–H groups in total. The number of carbonyl (C=O) groups excluding carboxylic acids is 1. The van der Waals surface area contributed by atoms with Gasteiger partial charge in [-0.3, -0.25) is 4.79 Å². The lowest BCUT2D eigenvalue weighted by atomic mass is 9.80. The highest BCUT2D eigenvalue weighted by Gasteiger charge is 2.29. The quantitative estimate of drug-likeness (QED) is 0.728. The highest BCUT2D eigenvalue weighted by atomic mass is 16.1. The number of anilines is 2. The van der Waals surface area contributed by atoms with Crippen molar-refractivity contribution in [3.8, 4) is 0 Å². The number of piperidine rings is 1. The first kappa shape index (κ1) is 14.7. The molecule has 0 aromatic heterocycles. The summed E-state index contributed by atoms with van der Waals surface area (Å²) < 4.78 is 0. The monoisotopic (exact) mass is 276 g/mol. The van der Waals surface area contributed by atoms with E-state index in [1.165, 1.54) is 0 Å². The number of nitrogens with one attached hydrogen (secondary N) is 1. The summed E-state index contributed by atoms with van der Waals surface area (Å²) in [6, 6.07) is 5.24. The zero-order chi connectivity index (χ0) is 14.8. The summed E-state index contributed by atoms with van der Waals surface area (Å²) in [6.45, 7) is 5.28. The molecule has 1 heterocycles. The van der Waals surface area contributed by atoms with Gasteiger partial charge in [-0.2, -0.15) is 0 Å². The van der Waals surface area contributed by atoms with Crippen LogP contribution in [-0.2, 0) is 0 Å². The third-order valence-electron chi connectivity index (χ3n) is 4.25. The molecule has 0 spiro atoms. The van der Waals surface area contributed by atoms with Crippen molar-refractivity contribution < 1.29 is 4.79 Å². The number of likely N-dealkylation sites (tertiary alicyclic amines) is 1. The smallest absolute Gasteiger partial charge is 0.250 e. The molecule has 5 heteroatoms. The van der Waals surface area contributed by atoms with Gasteiger partial charge in [0, 0.05) is 6.54 Å². The van der Waals surface area contributed by atoms with E-state index in [2.05, 4.69) is 24.2 Å².